The Balaban J connectivity index is 1.93. The lowest BCUT2D eigenvalue weighted by Crippen LogP contribution is -2.19. The van der Waals surface area contributed by atoms with Gasteiger partial charge in [-0.2, -0.15) is 5.26 Å². The fraction of sp³-hybridized carbons (Fsp3) is 0.174. The maximum Gasteiger partial charge on any atom is 0.242 e. The van der Waals surface area contributed by atoms with Crippen molar-refractivity contribution < 1.29 is 9.53 Å². The van der Waals surface area contributed by atoms with Crippen molar-refractivity contribution in [2.24, 2.45) is 0 Å². The molecule has 0 aliphatic heterocycles. The van der Waals surface area contributed by atoms with Crippen LogP contribution >= 0.6 is 11.8 Å². The topological polar surface area (TPSA) is 75.0 Å². The first kappa shape index (κ1) is 20.4. The van der Waals surface area contributed by atoms with Gasteiger partial charge in [-0.1, -0.05) is 42.1 Å². The van der Waals surface area contributed by atoms with Crippen molar-refractivity contribution in [1.82, 2.24) is 4.98 Å². The third-order valence-electron chi connectivity index (χ3n) is 4.35. The van der Waals surface area contributed by atoms with Gasteiger partial charge >= 0.3 is 0 Å². The molecule has 3 rings (SSSR count). The van der Waals surface area contributed by atoms with E-state index in [9.17, 15) is 10.1 Å². The summed E-state index contributed by atoms with van der Waals surface area (Å²) in [6, 6.07) is 20.8. The minimum absolute atomic E-state index is 0.184. The van der Waals surface area contributed by atoms with Crippen molar-refractivity contribution in [3.63, 3.8) is 0 Å². The van der Waals surface area contributed by atoms with Gasteiger partial charge in [-0.25, -0.2) is 4.98 Å². The van der Waals surface area contributed by atoms with Crippen molar-refractivity contribution in [1.29, 1.82) is 5.26 Å². The second kappa shape index (κ2) is 9.26. The molecule has 1 N–H and O–H groups in total. The molecule has 0 bridgehead atoms. The number of nitrogens with one attached hydrogen (secondary N) is 1. The van der Waals surface area contributed by atoms with E-state index in [4.69, 9.17) is 4.74 Å². The molecule has 0 saturated heterocycles. The number of hydrogen-bond acceptors (Lipinski definition) is 5. The largest absolute Gasteiger partial charge is 0.497 e. The first-order valence-corrected chi connectivity index (χ1v) is 9.94. The van der Waals surface area contributed by atoms with Crippen LogP contribution in [0.5, 0.6) is 5.75 Å². The van der Waals surface area contributed by atoms with E-state index in [0.717, 1.165) is 22.6 Å². The van der Waals surface area contributed by atoms with Crippen LogP contribution in [0.2, 0.25) is 0 Å². The molecule has 0 aliphatic carbocycles. The summed E-state index contributed by atoms with van der Waals surface area (Å²) >= 11 is 1.29. The average molecular weight is 404 g/mol. The summed E-state index contributed by atoms with van der Waals surface area (Å²) in [7, 11) is 1.60. The van der Waals surface area contributed by atoms with E-state index >= 15 is 0 Å². The normalized spacial score (nSPS) is 11.4. The maximum absolute atomic E-state index is 13.2. The monoisotopic (exact) mass is 403 g/mol. The van der Waals surface area contributed by atoms with Gasteiger partial charge in [-0.3, -0.25) is 4.79 Å². The third kappa shape index (κ3) is 4.95. The predicted molar refractivity (Wildman–Crippen MR) is 115 cm³/mol. The quantitative estimate of drug-likeness (QED) is 0.583. The van der Waals surface area contributed by atoms with Crippen molar-refractivity contribution >= 4 is 23.4 Å². The van der Waals surface area contributed by atoms with Crippen molar-refractivity contribution in [3.05, 3.63) is 83.0 Å². The molecule has 29 heavy (non-hydrogen) atoms. The van der Waals surface area contributed by atoms with E-state index in [2.05, 4.69) is 16.4 Å². The number of carbonyl (C=O) groups is 1. The molecule has 0 fully saturated rings. The van der Waals surface area contributed by atoms with Gasteiger partial charge in [0.25, 0.3) is 0 Å². The number of ether oxygens (including phenoxy) is 1. The highest BCUT2D eigenvalue weighted by atomic mass is 32.2. The molecular weight excluding hydrogens is 382 g/mol. The van der Waals surface area contributed by atoms with Crippen LogP contribution in [0, 0.1) is 25.2 Å². The van der Waals surface area contributed by atoms with E-state index < -0.39 is 5.25 Å². The first-order chi connectivity index (χ1) is 14.0. The SMILES string of the molecule is COc1ccc(NC(=O)C(Sc2nc(C)cc(C)c2C#N)c2ccccc2)cc1. The zero-order valence-corrected chi connectivity index (χ0v) is 17.3. The molecule has 1 heterocycles. The molecule has 0 aliphatic rings. The molecule has 5 nitrogen and oxygen atoms in total. The molecule has 146 valence electrons. The van der Waals surface area contributed by atoms with Gasteiger partial charge in [0.15, 0.2) is 0 Å². The highest BCUT2D eigenvalue weighted by molar-refractivity contribution is 8.00. The van der Waals surface area contributed by atoms with Crippen molar-refractivity contribution in [2.75, 3.05) is 12.4 Å². The fourth-order valence-electron chi connectivity index (χ4n) is 2.92. The standard InChI is InChI=1S/C23H21N3O2S/c1-15-13-16(2)25-23(20(15)14-24)29-21(17-7-5-4-6-8-17)22(27)26-18-9-11-19(28-3)12-10-18/h4-13,21H,1-3H3,(H,26,27). The molecule has 1 atom stereocenters. The van der Waals surface area contributed by atoms with Gasteiger partial charge in [0.1, 0.15) is 22.1 Å². The predicted octanol–water partition coefficient (Wildman–Crippen LogP) is 5.05. The lowest BCUT2D eigenvalue weighted by molar-refractivity contribution is -0.115. The summed E-state index contributed by atoms with van der Waals surface area (Å²) in [5.74, 6) is 0.534. The van der Waals surface area contributed by atoms with Crippen LogP contribution < -0.4 is 10.1 Å². The number of hydrogen-bond donors (Lipinski definition) is 1. The summed E-state index contributed by atoms with van der Waals surface area (Å²) in [5, 5.41) is 12.5. The lowest BCUT2D eigenvalue weighted by Gasteiger charge is -2.18. The Labute approximate surface area is 174 Å². The van der Waals surface area contributed by atoms with Crippen LogP contribution in [0.15, 0.2) is 65.7 Å². The third-order valence-corrected chi connectivity index (χ3v) is 5.59. The minimum atomic E-state index is -0.556. The summed E-state index contributed by atoms with van der Waals surface area (Å²) in [6.45, 7) is 3.76. The maximum atomic E-state index is 13.2. The highest BCUT2D eigenvalue weighted by Gasteiger charge is 2.25. The summed E-state index contributed by atoms with van der Waals surface area (Å²) in [6.07, 6.45) is 0. The van der Waals surface area contributed by atoms with E-state index in [0.29, 0.717) is 16.3 Å². The summed E-state index contributed by atoms with van der Waals surface area (Å²) in [4.78, 5) is 17.7. The van der Waals surface area contributed by atoms with Crippen LogP contribution in [0.25, 0.3) is 0 Å². The number of thioether (sulfide) groups is 1. The molecule has 0 spiro atoms. The molecule has 0 radical (unpaired) electrons. The number of aryl methyl sites for hydroxylation is 2. The van der Waals surface area contributed by atoms with Gasteiger partial charge in [0.2, 0.25) is 5.91 Å². The highest BCUT2D eigenvalue weighted by Crippen LogP contribution is 2.37. The molecule has 6 heteroatoms. The Morgan fingerprint density at radius 1 is 1.14 bits per heavy atom. The van der Waals surface area contributed by atoms with Gasteiger partial charge in [-0.15, -0.1) is 0 Å². The number of anilines is 1. The Kier molecular flexibility index (Phi) is 6.53. The Hall–Kier alpha value is -3.30. The van der Waals surface area contributed by atoms with Gasteiger partial charge in [-0.05, 0) is 55.3 Å². The molecule has 2 aromatic carbocycles. The van der Waals surface area contributed by atoms with Crippen molar-refractivity contribution in [2.45, 2.75) is 24.1 Å². The van der Waals surface area contributed by atoms with Gasteiger partial charge in [0, 0.05) is 11.4 Å². The van der Waals surface area contributed by atoms with E-state index in [-0.39, 0.29) is 5.91 Å². The second-order valence-corrected chi connectivity index (χ2v) is 7.59. The zero-order chi connectivity index (χ0) is 20.8. The number of amides is 1. The molecule has 0 saturated carbocycles. The van der Waals surface area contributed by atoms with E-state index in [1.54, 1.807) is 31.4 Å². The van der Waals surface area contributed by atoms with Crippen LogP contribution in [-0.2, 0) is 4.79 Å². The van der Waals surface area contributed by atoms with Gasteiger partial charge in [0.05, 0.1) is 12.7 Å². The van der Waals surface area contributed by atoms with Crippen LogP contribution in [-0.4, -0.2) is 18.0 Å². The van der Waals surface area contributed by atoms with Crippen LogP contribution in [0.1, 0.15) is 27.6 Å². The van der Waals surface area contributed by atoms with Crippen molar-refractivity contribution in [3.8, 4) is 11.8 Å². The van der Waals surface area contributed by atoms with E-state index in [1.165, 1.54) is 11.8 Å². The average Bonchev–Trinajstić information content (AvgIpc) is 2.73. The number of carbonyl (C=O) groups excluding carboxylic acids is 1. The zero-order valence-electron chi connectivity index (χ0n) is 16.5. The van der Waals surface area contributed by atoms with E-state index in [1.807, 2.05) is 50.2 Å². The Morgan fingerprint density at radius 2 is 1.83 bits per heavy atom. The summed E-state index contributed by atoms with van der Waals surface area (Å²) in [5.41, 5.74) is 3.68. The smallest absolute Gasteiger partial charge is 0.242 e. The fourth-order valence-corrected chi connectivity index (χ4v) is 4.12. The molecule has 1 amide bonds. The van der Waals surface area contributed by atoms with Crippen LogP contribution in [0.3, 0.4) is 0 Å². The number of nitrogens with zero attached hydrogens (tertiary/aromatic N) is 2. The number of benzene rings is 2. The second-order valence-electron chi connectivity index (χ2n) is 6.50. The number of rotatable bonds is 6. The summed E-state index contributed by atoms with van der Waals surface area (Å²) < 4.78 is 5.16. The Morgan fingerprint density at radius 3 is 2.45 bits per heavy atom. The molecule has 1 aromatic heterocycles. The number of pyridine rings is 1. The molecular formula is C23H21N3O2S. The number of aromatic nitrogens is 1. The molecule has 1 unspecified atom stereocenters. The lowest BCUT2D eigenvalue weighted by atomic mass is 10.1. The Bertz CT molecular complexity index is 1040. The minimum Gasteiger partial charge on any atom is -0.497 e. The molecule has 3 aromatic rings. The first-order valence-electron chi connectivity index (χ1n) is 9.06. The van der Waals surface area contributed by atoms with Crippen LogP contribution in [0.4, 0.5) is 5.69 Å². The van der Waals surface area contributed by atoms with Gasteiger partial charge < -0.3 is 10.1 Å². The number of methoxy groups -OCH3 is 1. The number of nitriles is 1.